The fourth-order valence-electron chi connectivity index (χ4n) is 2.65. The molecule has 6 heteroatoms. The number of aliphatic imine (C=N–C) groups is 1. The van der Waals surface area contributed by atoms with Gasteiger partial charge in [-0.15, -0.1) is 0 Å². The molecular formula is C19H30N6. The molecule has 0 saturated carbocycles. The number of hydrogen-bond acceptors (Lipinski definition) is 3. The van der Waals surface area contributed by atoms with Crippen molar-refractivity contribution < 1.29 is 0 Å². The van der Waals surface area contributed by atoms with Crippen LogP contribution in [0.3, 0.4) is 0 Å². The summed E-state index contributed by atoms with van der Waals surface area (Å²) in [5.41, 5.74) is 7.01. The molecule has 0 amide bonds. The normalized spacial score (nSPS) is 13.2. The first-order valence-electron chi connectivity index (χ1n) is 8.97. The predicted octanol–water partition coefficient (Wildman–Crippen LogP) is 3.19. The number of hydrogen-bond donors (Lipinski definition) is 2. The second kappa shape index (κ2) is 9.20. The van der Waals surface area contributed by atoms with Crippen molar-refractivity contribution in [2.75, 3.05) is 0 Å². The van der Waals surface area contributed by atoms with Crippen LogP contribution in [0.1, 0.15) is 51.4 Å². The SMILES string of the molecule is Cc1nccn1-c1ccc(CN=C(N)NC(C)CCCC(C)C)cn1. The predicted molar refractivity (Wildman–Crippen MR) is 103 cm³/mol. The highest BCUT2D eigenvalue weighted by Crippen LogP contribution is 2.10. The topological polar surface area (TPSA) is 81.1 Å². The third-order valence-corrected chi connectivity index (χ3v) is 4.13. The lowest BCUT2D eigenvalue weighted by Crippen LogP contribution is -2.38. The molecule has 0 fully saturated rings. The van der Waals surface area contributed by atoms with Crippen molar-refractivity contribution in [1.29, 1.82) is 0 Å². The van der Waals surface area contributed by atoms with E-state index in [1.54, 1.807) is 6.20 Å². The third kappa shape index (κ3) is 6.21. The lowest BCUT2D eigenvalue weighted by Gasteiger charge is -2.15. The summed E-state index contributed by atoms with van der Waals surface area (Å²) in [6, 6.07) is 4.33. The molecule has 6 nitrogen and oxygen atoms in total. The van der Waals surface area contributed by atoms with E-state index in [9.17, 15) is 0 Å². The van der Waals surface area contributed by atoms with Crippen LogP contribution in [-0.4, -0.2) is 26.5 Å². The Morgan fingerprint density at radius 3 is 2.64 bits per heavy atom. The Morgan fingerprint density at radius 1 is 1.24 bits per heavy atom. The van der Waals surface area contributed by atoms with E-state index < -0.39 is 0 Å². The Bertz CT molecular complexity index is 671. The molecule has 1 unspecified atom stereocenters. The minimum atomic E-state index is 0.340. The molecule has 0 aromatic carbocycles. The molecule has 0 radical (unpaired) electrons. The highest BCUT2D eigenvalue weighted by Gasteiger charge is 2.05. The number of pyridine rings is 1. The van der Waals surface area contributed by atoms with E-state index in [4.69, 9.17) is 5.73 Å². The average Bonchev–Trinajstić information content (AvgIpc) is 2.99. The van der Waals surface area contributed by atoms with Gasteiger partial charge in [0.1, 0.15) is 11.6 Å². The number of nitrogens with two attached hydrogens (primary N) is 1. The summed E-state index contributed by atoms with van der Waals surface area (Å²) in [7, 11) is 0. The first-order valence-corrected chi connectivity index (χ1v) is 8.97. The highest BCUT2D eigenvalue weighted by atomic mass is 15.1. The van der Waals surface area contributed by atoms with Crippen molar-refractivity contribution in [3.05, 3.63) is 42.1 Å². The molecule has 25 heavy (non-hydrogen) atoms. The largest absolute Gasteiger partial charge is 0.370 e. The van der Waals surface area contributed by atoms with Crippen LogP contribution in [0.4, 0.5) is 0 Å². The molecule has 0 aliphatic rings. The Labute approximate surface area is 150 Å². The fraction of sp³-hybridized carbons (Fsp3) is 0.526. The van der Waals surface area contributed by atoms with E-state index in [-0.39, 0.29) is 0 Å². The highest BCUT2D eigenvalue weighted by molar-refractivity contribution is 5.78. The van der Waals surface area contributed by atoms with Crippen LogP contribution in [0.5, 0.6) is 0 Å². The Kier molecular flexibility index (Phi) is 6.98. The van der Waals surface area contributed by atoms with Gasteiger partial charge in [-0.2, -0.15) is 0 Å². The maximum absolute atomic E-state index is 5.99. The van der Waals surface area contributed by atoms with Crippen molar-refractivity contribution in [3.8, 4) is 5.82 Å². The molecule has 0 aliphatic carbocycles. The van der Waals surface area contributed by atoms with E-state index >= 15 is 0 Å². The van der Waals surface area contributed by atoms with Crippen molar-refractivity contribution >= 4 is 5.96 Å². The molecule has 0 bridgehead atoms. The van der Waals surface area contributed by atoms with E-state index in [1.165, 1.54) is 12.8 Å². The van der Waals surface area contributed by atoms with Crippen molar-refractivity contribution in [2.24, 2.45) is 16.6 Å². The molecule has 2 heterocycles. The van der Waals surface area contributed by atoms with Crippen LogP contribution in [-0.2, 0) is 6.54 Å². The quantitative estimate of drug-likeness (QED) is 0.570. The van der Waals surface area contributed by atoms with E-state index in [1.807, 2.05) is 36.0 Å². The molecule has 0 aliphatic heterocycles. The Morgan fingerprint density at radius 2 is 2.04 bits per heavy atom. The maximum Gasteiger partial charge on any atom is 0.189 e. The number of guanidine groups is 1. The van der Waals surface area contributed by atoms with Gasteiger partial charge >= 0.3 is 0 Å². The molecule has 2 aromatic rings. The van der Waals surface area contributed by atoms with Crippen LogP contribution in [0, 0.1) is 12.8 Å². The summed E-state index contributed by atoms with van der Waals surface area (Å²) in [5.74, 6) is 3.01. The fourth-order valence-corrected chi connectivity index (χ4v) is 2.65. The summed E-state index contributed by atoms with van der Waals surface area (Å²) in [6.07, 6.45) is 9.06. The number of rotatable bonds is 8. The van der Waals surface area contributed by atoms with Gasteiger partial charge in [-0.25, -0.2) is 15.0 Å². The van der Waals surface area contributed by atoms with Gasteiger partial charge in [0.05, 0.1) is 6.54 Å². The standard InChI is InChI=1S/C19H30N6/c1-14(2)6-5-7-15(3)24-19(20)23-13-17-8-9-18(22-12-17)25-11-10-21-16(25)4/h8-12,14-15H,5-7,13H2,1-4H3,(H3,20,23,24). The summed E-state index contributed by atoms with van der Waals surface area (Å²) < 4.78 is 1.95. The average molecular weight is 342 g/mol. The second-order valence-corrected chi connectivity index (χ2v) is 6.94. The first kappa shape index (κ1) is 19.0. The van der Waals surface area contributed by atoms with E-state index in [0.717, 1.165) is 29.5 Å². The maximum atomic E-state index is 5.99. The monoisotopic (exact) mass is 342 g/mol. The van der Waals surface area contributed by atoms with Gasteiger partial charge in [0, 0.05) is 24.6 Å². The third-order valence-electron chi connectivity index (χ3n) is 4.13. The van der Waals surface area contributed by atoms with Crippen LogP contribution in [0.15, 0.2) is 35.7 Å². The van der Waals surface area contributed by atoms with Crippen molar-refractivity contribution in [3.63, 3.8) is 0 Å². The lowest BCUT2D eigenvalue weighted by molar-refractivity contribution is 0.493. The molecule has 0 saturated heterocycles. The Balaban J connectivity index is 1.83. The van der Waals surface area contributed by atoms with Crippen molar-refractivity contribution in [1.82, 2.24) is 19.9 Å². The Hall–Kier alpha value is -2.37. The minimum absolute atomic E-state index is 0.340. The molecule has 136 valence electrons. The first-order chi connectivity index (χ1) is 12.0. The van der Waals surface area contributed by atoms with E-state index in [0.29, 0.717) is 18.5 Å². The molecule has 2 aromatic heterocycles. The van der Waals surface area contributed by atoms with Gasteiger partial charge in [-0.05, 0) is 37.8 Å². The number of imidazole rings is 1. The zero-order valence-electron chi connectivity index (χ0n) is 15.7. The second-order valence-electron chi connectivity index (χ2n) is 6.94. The van der Waals surface area contributed by atoms with Crippen LogP contribution in [0.25, 0.3) is 5.82 Å². The lowest BCUT2D eigenvalue weighted by atomic mass is 10.0. The summed E-state index contributed by atoms with van der Waals surface area (Å²) in [4.78, 5) is 13.1. The van der Waals surface area contributed by atoms with Gasteiger partial charge in [0.2, 0.25) is 0 Å². The molecular weight excluding hydrogens is 312 g/mol. The molecule has 1 atom stereocenters. The molecule has 2 rings (SSSR count). The van der Waals surface area contributed by atoms with Gasteiger partial charge in [0.15, 0.2) is 5.96 Å². The minimum Gasteiger partial charge on any atom is -0.370 e. The van der Waals surface area contributed by atoms with Gasteiger partial charge in [0.25, 0.3) is 0 Å². The summed E-state index contributed by atoms with van der Waals surface area (Å²) in [6.45, 7) is 9.12. The van der Waals surface area contributed by atoms with Gasteiger partial charge in [-0.3, -0.25) is 4.57 Å². The molecule has 3 N–H and O–H groups in total. The summed E-state index contributed by atoms with van der Waals surface area (Å²) >= 11 is 0. The number of nitrogens with zero attached hydrogens (tertiary/aromatic N) is 4. The van der Waals surface area contributed by atoms with Crippen LogP contribution >= 0.6 is 0 Å². The zero-order chi connectivity index (χ0) is 18.2. The summed E-state index contributed by atoms with van der Waals surface area (Å²) in [5, 5.41) is 3.26. The van der Waals surface area contributed by atoms with E-state index in [2.05, 4.69) is 41.0 Å². The van der Waals surface area contributed by atoms with Crippen LogP contribution in [0.2, 0.25) is 0 Å². The number of aryl methyl sites for hydroxylation is 1. The van der Waals surface area contributed by atoms with Crippen LogP contribution < -0.4 is 11.1 Å². The zero-order valence-corrected chi connectivity index (χ0v) is 15.7. The number of nitrogens with one attached hydrogen (secondary N) is 1. The number of aromatic nitrogens is 3. The van der Waals surface area contributed by atoms with Gasteiger partial charge in [-0.1, -0.05) is 32.8 Å². The van der Waals surface area contributed by atoms with Gasteiger partial charge < -0.3 is 11.1 Å². The molecule has 0 spiro atoms. The smallest absolute Gasteiger partial charge is 0.189 e. The van der Waals surface area contributed by atoms with Crippen molar-refractivity contribution in [2.45, 2.75) is 59.5 Å².